The molecule has 0 unspecified atom stereocenters. The van der Waals surface area contributed by atoms with Crippen LogP contribution in [0.1, 0.15) is 135 Å². The number of hydrogen-bond donors (Lipinski definition) is 4. The van der Waals surface area contributed by atoms with E-state index in [1.54, 1.807) is 24.3 Å². The quantitative estimate of drug-likeness (QED) is 0.116. The zero-order valence-electron chi connectivity index (χ0n) is 40.4. The Morgan fingerprint density at radius 1 is 0.471 bits per heavy atom. The molecule has 2 saturated heterocycles. The minimum Gasteiger partial charge on any atom is -0.459 e. The molecule has 4 N–H and O–H groups in total. The van der Waals surface area contributed by atoms with Gasteiger partial charge in [-0.2, -0.15) is 0 Å². The highest BCUT2D eigenvalue weighted by molar-refractivity contribution is 5.95. The first-order valence-electron chi connectivity index (χ1n) is 24.5. The first-order valence-corrected chi connectivity index (χ1v) is 24.5. The Morgan fingerprint density at radius 3 is 1.16 bits per heavy atom. The Kier molecular flexibility index (Phi) is 14.9. The topological polar surface area (TPSA) is 199 Å². The Hall–Kier alpha value is -5.56. The number of carbonyl (C=O) groups excluding carboxylic acids is 4. The van der Waals surface area contributed by atoms with Crippen molar-refractivity contribution in [1.29, 1.82) is 0 Å². The third-order valence-electron chi connectivity index (χ3n) is 14.9. The van der Waals surface area contributed by atoms with Crippen molar-refractivity contribution in [3.05, 3.63) is 139 Å². The van der Waals surface area contributed by atoms with Gasteiger partial charge in [-0.05, 0) is 96.5 Å². The lowest BCUT2D eigenvalue weighted by atomic mass is 9.95. The second kappa shape index (κ2) is 21.0. The number of fused-ring (bicyclic) bond motifs is 4. The molecule has 4 aromatic carbocycles. The fourth-order valence-electron chi connectivity index (χ4n) is 10.7. The van der Waals surface area contributed by atoms with Crippen molar-refractivity contribution < 1.29 is 58.6 Å². The van der Waals surface area contributed by atoms with E-state index in [9.17, 15) is 39.6 Å². The van der Waals surface area contributed by atoms with Crippen molar-refractivity contribution in [1.82, 2.24) is 19.6 Å². The van der Waals surface area contributed by atoms with E-state index in [0.717, 1.165) is 108 Å². The molecule has 0 bridgehead atoms. The van der Waals surface area contributed by atoms with Crippen LogP contribution in [-0.2, 0) is 45.0 Å². The molecule has 4 aromatic rings. The third kappa shape index (κ3) is 10.7. The minimum atomic E-state index is -0.641. The largest absolute Gasteiger partial charge is 0.459 e. The van der Waals surface area contributed by atoms with Gasteiger partial charge in [-0.1, -0.05) is 36.4 Å². The molecule has 16 nitrogen and oxygen atoms in total. The Balaban J connectivity index is 0.000000174. The zero-order valence-corrected chi connectivity index (χ0v) is 40.4. The van der Waals surface area contributed by atoms with Gasteiger partial charge in [0.1, 0.15) is 25.4 Å². The number of nitrogens with zero attached hydrogens (tertiary/aromatic N) is 4. The van der Waals surface area contributed by atoms with Gasteiger partial charge in [-0.25, -0.2) is 19.2 Å². The molecule has 6 aliphatic rings. The average Bonchev–Trinajstić information content (AvgIpc) is 3.92. The molecule has 0 saturated carbocycles. The number of piperazine rings is 2. The molecule has 6 aliphatic heterocycles. The molecule has 0 amide bonds. The normalized spacial score (nSPS) is 22.2. The highest BCUT2D eigenvalue weighted by atomic mass is 16.6. The summed E-state index contributed by atoms with van der Waals surface area (Å²) in [5.41, 5.74) is 11.1. The van der Waals surface area contributed by atoms with E-state index in [1.165, 1.54) is 0 Å². The number of cyclic esters (lactones) is 4. The molecule has 2 fully saturated rings. The lowest BCUT2D eigenvalue weighted by Gasteiger charge is -2.36. The van der Waals surface area contributed by atoms with E-state index in [1.807, 2.05) is 64.1 Å². The summed E-state index contributed by atoms with van der Waals surface area (Å²) in [4.78, 5) is 56.5. The predicted molar refractivity (Wildman–Crippen MR) is 256 cm³/mol. The Bertz CT molecular complexity index is 2460. The van der Waals surface area contributed by atoms with Crippen molar-refractivity contribution >= 4 is 23.9 Å². The molecule has 0 spiro atoms. The van der Waals surface area contributed by atoms with Crippen LogP contribution in [0.4, 0.5) is 0 Å². The molecule has 0 aliphatic carbocycles. The van der Waals surface area contributed by atoms with Crippen LogP contribution in [0.15, 0.2) is 60.7 Å². The van der Waals surface area contributed by atoms with Gasteiger partial charge < -0.3 is 39.4 Å². The monoisotopic (exact) mass is 960 g/mol. The summed E-state index contributed by atoms with van der Waals surface area (Å²) in [6.07, 6.45) is -1.53. The van der Waals surface area contributed by atoms with Crippen LogP contribution in [0.5, 0.6) is 0 Å². The second-order valence-corrected chi connectivity index (χ2v) is 19.7. The van der Waals surface area contributed by atoms with Gasteiger partial charge in [0, 0.05) is 103 Å². The molecule has 0 aromatic heterocycles. The standard InChI is InChI=1S/2C27H32N2O6/c2*1-16-11-19-12-18(3-4-21(19)27(33)35-16)24(30)13-28-7-9-29(10-8-28)14-25(31)20-5-6-22-23(17(20)2)15-34-26(22)32/h2*3-6,12,16,24-25,30-31H,7-11,13-15H2,1-2H3/t16-,24+,25-;16-,24-,25-/m00/s1. The average molecular weight is 961 g/mol. The summed E-state index contributed by atoms with van der Waals surface area (Å²) in [5.74, 6) is -1.19. The summed E-state index contributed by atoms with van der Waals surface area (Å²) < 4.78 is 20.8. The SMILES string of the molecule is Cc1c([C@@H](O)CN2CCN(C[C@@H](O)c3ccc4c(c3)C[C@H](C)OC4=O)CC2)ccc2c1COC2=O.Cc1c([C@@H](O)CN2CCN(C[C@H](O)c3ccc4c(c3)C[C@H](C)OC4=O)CC2)ccc2c1COC2=O. The maximum absolute atomic E-state index is 12.0. The van der Waals surface area contributed by atoms with E-state index in [4.69, 9.17) is 18.9 Å². The Labute approximate surface area is 408 Å². The molecular weight excluding hydrogens is 897 g/mol. The summed E-state index contributed by atoms with van der Waals surface area (Å²) >= 11 is 0. The van der Waals surface area contributed by atoms with E-state index in [-0.39, 0.29) is 49.3 Å². The number of esters is 4. The molecule has 372 valence electrons. The highest BCUT2D eigenvalue weighted by Crippen LogP contribution is 2.32. The van der Waals surface area contributed by atoms with Crippen molar-refractivity contribution in [2.75, 3.05) is 78.5 Å². The zero-order chi connectivity index (χ0) is 49.4. The molecule has 6 atom stereocenters. The highest BCUT2D eigenvalue weighted by Gasteiger charge is 2.31. The fraction of sp³-hybridized carbons (Fsp3) is 0.481. The first kappa shape index (κ1) is 49.4. The third-order valence-corrected chi connectivity index (χ3v) is 14.9. The lowest BCUT2D eigenvalue weighted by Crippen LogP contribution is -2.48. The number of hydrogen-bond acceptors (Lipinski definition) is 16. The van der Waals surface area contributed by atoms with E-state index in [2.05, 4.69) is 19.6 Å². The number of β-amino-alcohol motifs (C(OH)–C–C–N with tert-alkyl or cyclic N) is 4. The first-order chi connectivity index (χ1) is 33.6. The number of benzene rings is 4. The van der Waals surface area contributed by atoms with Crippen LogP contribution in [0, 0.1) is 13.8 Å². The minimum absolute atomic E-state index is 0.151. The number of aliphatic hydroxyl groups excluding tert-OH is 4. The smallest absolute Gasteiger partial charge is 0.338 e. The van der Waals surface area contributed by atoms with Gasteiger partial charge in [-0.3, -0.25) is 19.6 Å². The van der Waals surface area contributed by atoms with Crippen LogP contribution >= 0.6 is 0 Å². The number of aliphatic hydroxyl groups is 4. The predicted octanol–water partition coefficient (Wildman–Crippen LogP) is 4.30. The fourth-order valence-corrected chi connectivity index (χ4v) is 10.7. The number of rotatable bonds is 12. The van der Waals surface area contributed by atoms with Crippen molar-refractivity contribution in [2.45, 2.75) is 90.4 Å². The van der Waals surface area contributed by atoms with Gasteiger partial charge in [-0.15, -0.1) is 0 Å². The Morgan fingerprint density at radius 2 is 0.800 bits per heavy atom. The van der Waals surface area contributed by atoms with E-state index >= 15 is 0 Å². The van der Waals surface area contributed by atoms with Crippen molar-refractivity contribution in [3.63, 3.8) is 0 Å². The molecule has 0 radical (unpaired) electrons. The summed E-state index contributed by atoms with van der Waals surface area (Å²) in [6.45, 7) is 16.6. The van der Waals surface area contributed by atoms with Crippen LogP contribution in [-0.4, -0.2) is 155 Å². The number of ether oxygens (including phenoxy) is 4. The van der Waals surface area contributed by atoms with Gasteiger partial charge in [0.25, 0.3) is 0 Å². The van der Waals surface area contributed by atoms with Crippen LogP contribution in [0.25, 0.3) is 0 Å². The number of carbonyl (C=O) groups is 4. The summed E-state index contributed by atoms with van der Waals surface area (Å²) in [5, 5.41) is 43.5. The summed E-state index contributed by atoms with van der Waals surface area (Å²) in [6, 6.07) is 18.2. The molecule has 10 rings (SSSR count). The molecule has 70 heavy (non-hydrogen) atoms. The van der Waals surface area contributed by atoms with Gasteiger partial charge >= 0.3 is 23.9 Å². The van der Waals surface area contributed by atoms with Crippen LogP contribution < -0.4 is 0 Å². The van der Waals surface area contributed by atoms with E-state index in [0.29, 0.717) is 61.3 Å². The molecule has 16 heteroatoms. The van der Waals surface area contributed by atoms with Crippen molar-refractivity contribution in [3.8, 4) is 0 Å². The second-order valence-electron chi connectivity index (χ2n) is 19.7. The summed E-state index contributed by atoms with van der Waals surface area (Å²) in [7, 11) is 0. The maximum atomic E-state index is 12.0. The molecular formula is C54H64N4O12. The van der Waals surface area contributed by atoms with Crippen molar-refractivity contribution in [2.24, 2.45) is 0 Å². The van der Waals surface area contributed by atoms with E-state index < -0.39 is 24.4 Å². The van der Waals surface area contributed by atoms with Crippen LogP contribution in [0.3, 0.4) is 0 Å². The molecule has 6 heterocycles. The lowest BCUT2D eigenvalue weighted by molar-refractivity contribution is 0.0289. The van der Waals surface area contributed by atoms with Gasteiger partial charge in [0.2, 0.25) is 0 Å². The van der Waals surface area contributed by atoms with Crippen LogP contribution in [0.2, 0.25) is 0 Å². The van der Waals surface area contributed by atoms with Gasteiger partial charge in [0.15, 0.2) is 0 Å². The maximum Gasteiger partial charge on any atom is 0.338 e. The van der Waals surface area contributed by atoms with Gasteiger partial charge in [0.05, 0.1) is 46.7 Å².